The summed E-state index contributed by atoms with van der Waals surface area (Å²) in [7, 11) is 0. The second-order valence-electron chi connectivity index (χ2n) is 11.6. The van der Waals surface area contributed by atoms with E-state index in [9.17, 15) is 11.0 Å². The zero-order chi connectivity index (χ0) is 50.4. The molecule has 2 heteroatoms. The third-order valence-corrected chi connectivity index (χ3v) is 9.26. The van der Waals surface area contributed by atoms with Gasteiger partial charge in [-0.1, -0.05) is 139 Å². The van der Waals surface area contributed by atoms with E-state index in [2.05, 4.69) is 0 Å². The molecule has 0 fully saturated rings. The fourth-order valence-electron chi connectivity index (χ4n) is 7.36. The zero-order valence-electron chi connectivity index (χ0n) is 46.0. The molecule has 2 heterocycles. The minimum atomic E-state index is -1.89. The van der Waals surface area contributed by atoms with Crippen molar-refractivity contribution in [3.63, 3.8) is 0 Å². The highest BCUT2D eigenvalue weighted by Crippen LogP contribution is 2.62. The summed E-state index contributed by atoms with van der Waals surface area (Å²) in [5.74, 6) is -0.806. The molecule has 0 bridgehead atoms. The highest BCUT2D eigenvalue weighted by molar-refractivity contribution is 6.19. The van der Waals surface area contributed by atoms with Gasteiger partial charge in [0, 0.05) is 33.0 Å². The van der Waals surface area contributed by atoms with Gasteiger partial charge < -0.3 is 9.30 Å². The average Bonchev–Trinajstić information content (AvgIpc) is 3.84. The first kappa shape index (κ1) is 13.6. The molecule has 2 aliphatic rings. The molecule has 1 aliphatic heterocycles. The summed E-state index contributed by atoms with van der Waals surface area (Å²) < 4.78 is 199. The van der Waals surface area contributed by atoms with Crippen molar-refractivity contribution in [1.82, 2.24) is 4.57 Å². The number of fused-ring (bicyclic) bond motifs is 14. The van der Waals surface area contributed by atoms with Gasteiger partial charge in [-0.2, -0.15) is 0 Å². The monoisotopic (exact) mass is 644 g/mol. The van der Waals surface area contributed by atoms with Crippen LogP contribution >= 0.6 is 0 Å². The lowest BCUT2D eigenvalue weighted by Crippen LogP contribution is -2.32. The quantitative estimate of drug-likeness (QED) is 0.183. The van der Waals surface area contributed by atoms with E-state index in [0.29, 0.717) is 22.3 Å². The van der Waals surface area contributed by atoms with Crippen LogP contribution in [-0.2, 0) is 5.41 Å². The maximum absolute atomic E-state index is 10.3. The Kier molecular flexibility index (Phi) is 2.73. The summed E-state index contributed by atoms with van der Waals surface area (Å²) in [4.78, 5) is 0. The van der Waals surface area contributed by atoms with Gasteiger partial charge in [-0.15, -0.1) is 0 Å². The molecule has 0 saturated heterocycles. The molecule has 0 atom stereocenters. The van der Waals surface area contributed by atoms with Gasteiger partial charge in [-0.05, 0) is 75.0 Å². The Balaban J connectivity index is 1.39. The second kappa shape index (κ2) is 9.82. The summed E-state index contributed by atoms with van der Waals surface area (Å²) in [6.07, 6.45) is 0. The van der Waals surface area contributed by atoms with Gasteiger partial charge in [0.05, 0.1) is 45.2 Å². The summed E-state index contributed by atoms with van der Waals surface area (Å²) >= 11 is 0. The molecule has 11 rings (SSSR count). The highest BCUT2D eigenvalue weighted by Gasteiger charge is 2.51. The average molecular weight is 645 g/mol. The number of para-hydroxylation sites is 2. The first-order valence-corrected chi connectivity index (χ1v) is 15.2. The van der Waals surface area contributed by atoms with E-state index in [4.69, 9.17) is 22.6 Å². The second-order valence-corrected chi connectivity index (χ2v) is 11.6. The molecule has 8 aromatic carbocycles. The molecule has 9 aromatic rings. The van der Waals surface area contributed by atoms with Crippen LogP contribution in [0.15, 0.2) is 175 Å². The molecule has 49 heavy (non-hydrogen) atoms. The highest BCUT2D eigenvalue weighted by atomic mass is 16.5. The molecule has 0 saturated carbocycles. The molecule has 1 aliphatic carbocycles. The lowest BCUT2D eigenvalue weighted by molar-refractivity contribution is 0.436. The molecule has 0 radical (unpaired) electrons. The van der Waals surface area contributed by atoms with E-state index in [1.54, 1.807) is 48.5 Å². The van der Waals surface area contributed by atoms with E-state index in [1.165, 1.54) is 0 Å². The molecule has 0 N–H and O–H groups in total. The summed E-state index contributed by atoms with van der Waals surface area (Å²) in [6.45, 7) is 0. The van der Waals surface area contributed by atoms with Crippen molar-refractivity contribution in [2.45, 2.75) is 5.41 Å². The minimum absolute atomic E-state index is 0.124. The van der Waals surface area contributed by atoms with Crippen LogP contribution in [0.5, 0.6) is 11.5 Å². The predicted octanol–water partition coefficient (Wildman–Crippen LogP) is 12.1. The maximum Gasteiger partial charge on any atom is 0.132 e. The smallest absolute Gasteiger partial charge is 0.132 e. The Hall–Kier alpha value is -6.38. The van der Waals surface area contributed by atoms with E-state index >= 15 is 0 Å². The lowest BCUT2D eigenvalue weighted by Gasteiger charge is -2.39. The van der Waals surface area contributed by atoms with Crippen LogP contribution in [0.4, 0.5) is 0 Å². The van der Waals surface area contributed by atoms with Gasteiger partial charge in [0.2, 0.25) is 0 Å². The normalized spacial score (nSPS) is 19.6. The third-order valence-electron chi connectivity index (χ3n) is 9.26. The van der Waals surface area contributed by atoms with Crippen molar-refractivity contribution < 1.29 is 33.5 Å². The van der Waals surface area contributed by atoms with E-state index in [0.717, 1.165) is 4.57 Å². The molecular formula is C47H29NO. The van der Waals surface area contributed by atoms with Crippen LogP contribution in [0.1, 0.15) is 51.0 Å². The number of benzene rings is 8. The first-order chi connectivity index (χ1) is 33.1. The summed E-state index contributed by atoms with van der Waals surface area (Å²) in [6, 6.07) is -2.28. The molecule has 0 unspecified atom stereocenters. The van der Waals surface area contributed by atoms with Crippen molar-refractivity contribution in [1.29, 1.82) is 0 Å². The van der Waals surface area contributed by atoms with Gasteiger partial charge in [-0.3, -0.25) is 0 Å². The Morgan fingerprint density at radius 2 is 1.14 bits per heavy atom. The van der Waals surface area contributed by atoms with Crippen molar-refractivity contribution in [2.75, 3.05) is 0 Å². The number of aromatic nitrogens is 1. The number of ether oxygens (including phenoxy) is 1. The largest absolute Gasteiger partial charge is 0.457 e. The SMILES string of the molecule is [2H]c1c([2H])c([2H])c(-n2c3c([2H])c(-c4c([2H])c([2H])c5c(c4[2H])C4(c6ccccc6-c6ccccc64)c4c([2H])c([2H])c([2H])c([2H])c4O5)c([2H])c([2H])c3c3c([2H])c([2H])c4c([2H])c([2H])c([2H])c([2H])c4c32)c([2H])c1[2H]. The van der Waals surface area contributed by atoms with Crippen LogP contribution in [0.2, 0.25) is 0 Å². The Morgan fingerprint density at radius 1 is 0.490 bits per heavy atom. The van der Waals surface area contributed by atoms with Crippen LogP contribution in [0, 0.1) is 0 Å². The lowest BCUT2D eigenvalue weighted by atomic mass is 9.66. The Labute approximate surface area is 313 Å². The standard InChI is InChI=1S/C47H29NO/c1-2-13-33(14-3-1)48-43-29-32(23-25-37(43)38-26-22-30-12-4-5-15-34(30)46(38)48)31-24-27-45-42(28-31)47(41-20-10-11-21-44(41)49-45)39-18-8-6-16-35(39)36-17-7-9-19-40(36)47/h1-29H/i1D,2D,3D,4D,5D,10D,11D,12D,13D,14D,15D,20D,21D,22D,23D,24D,25D,26D,27D,28D,29D. The van der Waals surface area contributed by atoms with E-state index in [-0.39, 0.29) is 16.9 Å². The van der Waals surface area contributed by atoms with Crippen LogP contribution in [0.25, 0.3) is 60.5 Å². The van der Waals surface area contributed by atoms with E-state index < -0.39 is 187 Å². The van der Waals surface area contributed by atoms with Crippen molar-refractivity contribution in [2.24, 2.45) is 0 Å². The molecule has 2 nitrogen and oxygen atoms in total. The van der Waals surface area contributed by atoms with Crippen molar-refractivity contribution in [3.05, 3.63) is 198 Å². The molecule has 1 aromatic heterocycles. The number of nitrogens with zero attached hydrogens (tertiary/aromatic N) is 1. The van der Waals surface area contributed by atoms with Crippen LogP contribution < -0.4 is 4.74 Å². The number of rotatable bonds is 2. The molecule has 228 valence electrons. The van der Waals surface area contributed by atoms with Gasteiger partial charge in [0.15, 0.2) is 0 Å². The molecular weight excluding hydrogens is 595 g/mol. The van der Waals surface area contributed by atoms with Crippen LogP contribution in [-0.4, -0.2) is 4.57 Å². The predicted molar refractivity (Wildman–Crippen MR) is 201 cm³/mol. The van der Waals surface area contributed by atoms with Gasteiger partial charge in [0.1, 0.15) is 11.5 Å². The van der Waals surface area contributed by atoms with Crippen molar-refractivity contribution in [3.8, 4) is 39.4 Å². The third kappa shape index (κ3) is 3.50. The maximum atomic E-state index is 10.3. The minimum Gasteiger partial charge on any atom is -0.457 e. The fraction of sp³-hybridized carbons (Fsp3) is 0.0213. The molecule has 1 spiro atoms. The van der Waals surface area contributed by atoms with Gasteiger partial charge >= 0.3 is 0 Å². The first-order valence-electron chi connectivity index (χ1n) is 25.7. The fourth-order valence-corrected chi connectivity index (χ4v) is 7.36. The Morgan fingerprint density at radius 3 is 1.98 bits per heavy atom. The molecule has 0 amide bonds. The van der Waals surface area contributed by atoms with Crippen molar-refractivity contribution >= 4 is 32.6 Å². The summed E-state index contributed by atoms with van der Waals surface area (Å²) in [5, 5.41) is -1.88. The van der Waals surface area contributed by atoms with Crippen LogP contribution in [0.3, 0.4) is 0 Å². The topological polar surface area (TPSA) is 14.2 Å². The zero-order valence-corrected chi connectivity index (χ0v) is 25.0. The van der Waals surface area contributed by atoms with E-state index in [1.807, 2.05) is 0 Å². The Bertz CT molecular complexity index is 3940. The summed E-state index contributed by atoms with van der Waals surface area (Å²) in [5.41, 5.74) is -3.23. The number of hydrogen-bond donors (Lipinski definition) is 0. The van der Waals surface area contributed by atoms with Gasteiger partial charge in [-0.25, -0.2) is 0 Å². The number of hydrogen-bond acceptors (Lipinski definition) is 1. The van der Waals surface area contributed by atoms with Gasteiger partial charge in [0.25, 0.3) is 0 Å².